The van der Waals surface area contributed by atoms with Gasteiger partial charge >= 0.3 is 5.97 Å². The maximum absolute atomic E-state index is 12.8. The molecule has 6 nitrogen and oxygen atoms in total. The molecule has 0 aliphatic carbocycles. The predicted octanol–water partition coefficient (Wildman–Crippen LogP) is 3.93. The number of hydrogen-bond donors (Lipinski definition) is 1. The number of ether oxygens (including phenoxy) is 1. The van der Waals surface area contributed by atoms with E-state index in [-0.39, 0.29) is 12.3 Å². The van der Waals surface area contributed by atoms with Crippen molar-refractivity contribution in [1.29, 1.82) is 0 Å². The van der Waals surface area contributed by atoms with Gasteiger partial charge in [0.25, 0.3) is 5.91 Å². The van der Waals surface area contributed by atoms with E-state index < -0.39 is 12.0 Å². The van der Waals surface area contributed by atoms with Crippen LogP contribution in [0.3, 0.4) is 0 Å². The van der Waals surface area contributed by atoms with Crippen LogP contribution in [-0.4, -0.2) is 28.8 Å². The van der Waals surface area contributed by atoms with Gasteiger partial charge in [-0.1, -0.05) is 59.6 Å². The molecule has 7 heteroatoms. The molecule has 150 valence electrons. The van der Waals surface area contributed by atoms with Gasteiger partial charge in [-0.15, -0.1) is 0 Å². The van der Waals surface area contributed by atoms with Crippen LogP contribution < -0.4 is 5.32 Å². The Labute approximate surface area is 174 Å². The molecule has 0 unspecified atom stereocenters. The van der Waals surface area contributed by atoms with Gasteiger partial charge in [0.1, 0.15) is 0 Å². The summed E-state index contributed by atoms with van der Waals surface area (Å²) in [6.07, 6.45) is 3.19. The van der Waals surface area contributed by atoms with Gasteiger partial charge < -0.3 is 10.1 Å². The molecule has 1 atom stereocenters. The highest BCUT2D eigenvalue weighted by molar-refractivity contribution is 6.31. The van der Waals surface area contributed by atoms with Gasteiger partial charge in [0.15, 0.2) is 0 Å². The number of carbonyl (C=O) groups excluding carboxylic acids is 2. The number of nitrogens with zero attached hydrogens (tertiary/aromatic N) is 2. The van der Waals surface area contributed by atoms with Crippen molar-refractivity contribution in [1.82, 2.24) is 15.1 Å². The van der Waals surface area contributed by atoms with E-state index in [0.717, 1.165) is 16.7 Å². The van der Waals surface area contributed by atoms with Crippen LogP contribution in [0.2, 0.25) is 5.02 Å². The lowest BCUT2D eigenvalue weighted by Crippen LogP contribution is -2.30. The molecule has 0 saturated carbocycles. The Kier molecular flexibility index (Phi) is 6.67. The third kappa shape index (κ3) is 5.45. The zero-order chi connectivity index (χ0) is 20.8. The van der Waals surface area contributed by atoms with E-state index in [1.807, 2.05) is 55.5 Å². The molecule has 0 aliphatic rings. The molecule has 3 aromatic rings. The van der Waals surface area contributed by atoms with E-state index in [1.165, 1.54) is 13.3 Å². The molecule has 1 aromatic heterocycles. The van der Waals surface area contributed by atoms with Crippen molar-refractivity contribution >= 4 is 23.5 Å². The second-order valence-electron chi connectivity index (χ2n) is 6.73. The van der Waals surface area contributed by atoms with Crippen molar-refractivity contribution < 1.29 is 14.3 Å². The smallest absolute Gasteiger partial charge is 0.307 e. The molecule has 0 bridgehead atoms. The molecule has 3 rings (SSSR count). The van der Waals surface area contributed by atoms with Crippen molar-refractivity contribution in [2.24, 2.45) is 0 Å². The molecular formula is C22H22ClN3O3. The van der Waals surface area contributed by atoms with Gasteiger partial charge in [-0.05, 0) is 24.1 Å². The SMILES string of the molecule is COC(=O)C[C@H](NC(=O)c1cnn(Cc2ccccc2Cl)c1)c1ccc(C)cc1. The lowest BCUT2D eigenvalue weighted by Gasteiger charge is -2.18. The Bertz CT molecular complexity index is 999. The Balaban J connectivity index is 1.74. The van der Waals surface area contributed by atoms with Crippen molar-refractivity contribution in [2.75, 3.05) is 7.11 Å². The van der Waals surface area contributed by atoms with Crippen LogP contribution >= 0.6 is 11.6 Å². The maximum Gasteiger partial charge on any atom is 0.307 e. The van der Waals surface area contributed by atoms with Crippen LogP contribution in [0.5, 0.6) is 0 Å². The summed E-state index contributed by atoms with van der Waals surface area (Å²) in [4.78, 5) is 24.6. The lowest BCUT2D eigenvalue weighted by molar-refractivity contribution is -0.141. The Morgan fingerprint density at radius 2 is 1.90 bits per heavy atom. The number of amides is 1. The van der Waals surface area contributed by atoms with E-state index in [2.05, 4.69) is 10.4 Å². The molecule has 1 amide bonds. The highest BCUT2D eigenvalue weighted by Gasteiger charge is 2.20. The minimum Gasteiger partial charge on any atom is -0.469 e. The molecule has 0 radical (unpaired) electrons. The number of rotatable bonds is 7. The number of esters is 1. The fraction of sp³-hybridized carbons (Fsp3) is 0.227. The highest BCUT2D eigenvalue weighted by atomic mass is 35.5. The summed E-state index contributed by atoms with van der Waals surface area (Å²) < 4.78 is 6.43. The number of nitrogens with one attached hydrogen (secondary N) is 1. The van der Waals surface area contributed by atoms with Crippen LogP contribution in [0.4, 0.5) is 0 Å². The van der Waals surface area contributed by atoms with Gasteiger partial charge in [-0.3, -0.25) is 14.3 Å². The molecule has 29 heavy (non-hydrogen) atoms. The van der Waals surface area contributed by atoms with E-state index in [4.69, 9.17) is 16.3 Å². The van der Waals surface area contributed by atoms with Gasteiger partial charge in [-0.2, -0.15) is 5.10 Å². The quantitative estimate of drug-likeness (QED) is 0.598. The van der Waals surface area contributed by atoms with Crippen molar-refractivity contribution in [2.45, 2.75) is 25.9 Å². The molecule has 2 aromatic carbocycles. The first-order chi connectivity index (χ1) is 14.0. The van der Waals surface area contributed by atoms with Crippen LogP contribution in [0.1, 0.15) is 39.5 Å². The van der Waals surface area contributed by atoms with Gasteiger partial charge in [0, 0.05) is 11.2 Å². The fourth-order valence-corrected chi connectivity index (χ4v) is 3.11. The summed E-state index contributed by atoms with van der Waals surface area (Å²) >= 11 is 6.19. The van der Waals surface area contributed by atoms with E-state index in [0.29, 0.717) is 17.1 Å². The largest absolute Gasteiger partial charge is 0.469 e. The zero-order valence-electron chi connectivity index (χ0n) is 16.3. The number of carbonyl (C=O) groups is 2. The van der Waals surface area contributed by atoms with Crippen molar-refractivity contribution in [3.8, 4) is 0 Å². The standard InChI is InChI=1S/C22H22ClN3O3/c1-15-7-9-16(10-8-15)20(11-21(27)29-2)25-22(28)18-12-24-26(14-18)13-17-5-3-4-6-19(17)23/h3-10,12,14,20H,11,13H2,1-2H3,(H,25,28)/t20-/m0/s1. The van der Waals surface area contributed by atoms with Crippen LogP contribution in [0, 0.1) is 6.92 Å². The monoisotopic (exact) mass is 411 g/mol. The number of hydrogen-bond acceptors (Lipinski definition) is 4. The summed E-state index contributed by atoms with van der Waals surface area (Å²) in [6.45, 7) is 2.43. The van der Waals surface area contributed by atoms with Crippen LogP contribution in [0.25, 0.3) is 0 Å². The first-order valence-corrected chi connectivity index (χ1v) is 9.54. The summed E-state index contributed by atoms with van der Waals surface area (Å²) in [7, 11) is 1.33. The third-order valence-electron chi connectivity index (χ3n) is 4.57. The third-order valence-corrected chi connectivity index (χ3v) is 4.94. The number of benzene rings is 2. The zero-order valence-corrected chi connectivity index (χ0v) is 17.0. The van der Waals surface area contributed by atoms with Gasteiger partial charge in [0.2, 0.25) is 0 Å². The number of aromatic nitrogens is 2. The number of methoxy groups -OCH3 is 1. The molecule has 0 spiro atoms. The van der Waals surface area contributed by atoms with E-state index in [9.17, 15) is 9.59 Å². The normalized spacial score (nSPS) is 11.7. The molecule has 1 N–H and O–H groups in total. The average molecular weight is 412 g/mol. The summed E-state index contributed by atoms with van der Waals surface area (Å²) in [6, 6.07) is 14.6. The summed E-state index contributed by atoms with van der Waals surface area (Å²) in [5.41, 5.74) is 3.24. The maximum atomic E-state index is 12.8. The van der Waals surface area contributed by atoms with Crippen LogP contribution in [-0.2, 0) is 16.1 Å². The fourth-order valence-electron chi connectivity index (χ4n) is 2.91. The molecule has 0 saturated heterocycles. The van der Waals surface area contributed by atoms with Crippen molar-refractivity contribution in [3.63, 3.8) is 0 Å². The average Bonchev–Trinajstić information content (AvgIpc) is 3.18. The second-order valence-corrected chi connectivity index (χ2v) is 7.14. The Morgan fingerprint density at radius 1 is 1.17 bits per heavy atom. The van der Waals surface area contributed by atoms with Crippen LogP contribution in [0.15, 0.2) is 60.9 Å². The lowest BCUT2D eigenvalue weighted by atomic mass is 10.0. The summed E-state index contributed by atoms with van der Waals surface area (Å²) in [5, 5.41) is 7.80. The first kappa shape index (κ1) is 20.6. The highest BCUT2D eigenvalue weighted by Crippen LogP contribution is 2.20. The molecule has 0 fully saturated rings. The van der Waals surface area contributed by atoms with Gasteiger partial charge in [0.05, 0.1) is 37.9 Å². The minimum absolute atomic E-state index is 0.0407. The topological polar surface area (TPSA) is 73.2 Å². The summed E-state index contributed by atoms with van der Waals surface area (Å²) in [5.74, 6) is -0.713. The molecule has 0 aliphatic heterocycles. The minimum atomic E-state index is -0.498. The molecular weight excluding hydrogens is 390 g/mol. The van der Waals surface area contributed by atoms with E-state index in [1.54, 1.807) is 10.9 Å². The predicted molar refractivity (Wildman–Crippen MR) is 111 cm³/mol. The first-order valence-electron chi connectivity index (χ1n) is 9.16. The Morgan fingerprint density at radius 3 is 2.59 bits per heavy atom. The van der Waals surface area contributed by atoms with Gasteiger partial charge in [-0.25, -0.2) is 0 Å². The molecule has 1 heterocycles. The number of aryl methyl sites for hydroxylation is 1. The number of halogens is 1. The van der Waals surface area contributed by atoms with E-state index >= 15 is 0 Å². The second kappa shape index (κ2) is 9.39. The Hall–Kier alpha value is -3.12. The van der Waals surface area contributed by atoms with Crippen molar-refractivity contribution in [3.05, 3.63) is 88.2 Å².